The van der Waals surface area contributed by atoms with Gasteiger partial charge in [0.05, 0.1) is 6.42 Å². The van der Waals surface area contributed by atoms with Crippen molar-refractivity contribution in [3.05, 3.63) is 0 Å². The van der Waals surface area contributed by atoms with E-state index >= 15 is 0 Å². The topological polar surface area (TPSA) is 63.3 Å². The van der Waals surface area contributed by atoms with Crippen molar-refractivity contribution in [2.45, 2.75) is 51.0 Å². The second kappa shape index (κ2) is 3.46. The van der Waals surface area contributed by atoms with Gasteiger partial charge in [-0.3, -0.25) is 4.79 Å². The predicted molar refractivity (Wildman–Crippen MR) is 60.8 cm³/mol. The van der Waals surface area contributed by atoms with Gasteiger partial charge in [-0.05, 0) is 61.7 Å². The molecule has 0 radical (unpaired) electrons. The summed E-state index contributed by atoms with van der Waals surface area (Å²) in [6.45, 7) is 0. The van der Waals surface area contributed by atoms with Gasteiger partial charge in [0.2, 0.25) is 0 Å². The molecule has 3 nitrogen and oxygen atoms in total. The van der Waals surface area contributed by atoms with Gasteiger partial charge in [0.1, 0.15) is 0 Å². The average molecular weight is 223 g/mol. The summed E-state index contributed by atoms with van der Waals surface area (Å²) in [4.78, 5) is 10.8. The second-order valence-electron chi connectivity index (χ2n) is 6.48. The Morgan fingerprint density at radius 3 is 2.00 bits per heavy atom. The summed E-state index contributed by atoms with van der Waals surface area (Å²) in [5.41, 5.74) is 6.38. The van der Waals surface area contributed by atoms with E-state index in [0.717, 1.165) is 17.8 Å². The van der Waals surface area contributed by atoms with Gasteiger partial charge in [0, 0.05) is 6.04 Å². The van der Waals surface area contributed by atoms with Crippen LogP contribution in [0.2, 0.25) is 0 Å². The molecule has 0 aromatic carbocycles. The summed E-state index contributed by atoms with van der Waals surface area (Å²) in [6, 6.07) is -0.113. The van der Waals surface area contributed by atoms with Crippen molar-refractivity contribution in [1.82, 2.24) is 0 Å². The maximum atomic E-state index is 10.8. The molecule has 0 saturated heterocycles. The third-order valence-corrected chi connectivity index (χ3v) is 5.27. The van der Waals surface area contributed by atoms with Gasteiger partial charge in [-0.1, -0.05) is 0 Å². The highest BCUT2D eigenvalue weighted by molar-refractivity contribution is 5.67. The molecule has 1 atom stereocenters. The Kier molecular flexibility index (Phi) is 2.29. The molecule has 0 aliphatic heterocycles. The largest absolute Gasteiger partial charge is 0.481 e. The minimum Gasteiger partial charge on any atom is -0.481 e. The standard InChI is InChI=1S/C13H21NO2/c14-11(4-12(15)16)13-5-8-1-9(6-13)3-10(2-8)7-13/h8-11H,1-7,14H2,(H,15,16). The van der Waals surface area contributed by atoms with E-state index in [4.69, 9.17) is 10.8 Å². The Balaban J connectivity index is 1.80. The van der Waals surface area contributed by atoms with E-state index in [9.17, 15) is 4.79 Å². The Morgan fingerprint density at radius 2 is 1.62 bits per heavy atom. The molecule has 4 fully saturated rings. The molecule has 0 aromatic rings. The molecule has 0 heterocycles. The Hall–Kier alpha value is -0.570. The van der Waals surface area contributed by atoms with Crippen LogP contribution in [0, 0.1) is 23.2 Å². The summed E-state index contributed by atoms with van der Waals surface area (Å²) in [5, 5.41) is 8.91. The molecule has 3 heteroatoms. The van der Waals surface area contributed by atoms with Crippen LogP contribution >= 0.6 is 0 Å². The molecular weight excluding hydrogens is 202 g/mol. The van der Waals surface area contributed by atoms with E-state index in [1.165, 1.54) is 38.5 Å². The molecule has 1 unspecified atom stereocenters. The maximum Gasteiger partial charge on any atom is 0.304 e. The van der Waals surface area contributed by atoms with Crippen LogP contribution in [0.4, 0.5) is 0 Å². The molecule has 4 aliphatic rings. The van der Waals surface area contributed by atoms with Gasteiger partial charge in [-0.15, -0.1) is 0 Å². The minimum absolute atomic E-state index is 0.113. The average Bonchev–Trinajstić information content (AvgIpc) is 2.13. The Bertz CT molecular complexity index is 278. The lowest BCUT2D eigenvalue weighted by atomic mass is 9.47. The molecule has 4 saturated carbocycles. The van der Waals surface area contributed by atoms with Gasteiger partial charge in [-0.25, -0.2) is 0 Å². The fourth-order valence-electron chi connectivity index (χ4n) is 5.04. The fourth-order valence-corrected chi connectivity index (χ4v) is 5.04. The number of nitrogens with two attached hydrogens (primary N) is 1. The first-order valence-electron chi connectivity index (χ1n) is 6.55. The first-order chi connectivity index (χ1) is 7.57. The van der Waals surface area contributed by atoms with Crippen molar-refractivity contribution in [2.75, 3.05) is 0 Å². The second-order valence-corrected chi connectivity index (χ2v) is 6.48. The number of carboxylic acids is 1. The highest BCUT2D eigenvalue weighted by Crippen LogP contribution is 2.61. The van der Waals surface area contributed by atoms with E-state index < -0.39 is 5.97 Å². The van der Waals surface area contributed by atoms with Crippen LogP contribution in [0.3, 0.4) is 0 Å². The third-order valence-electron chi connectivity index (χ3n) is 5.27. The van der Waals surface area contributed by atoms with Gasteiger partial charge >= 0.3 is 5.97 Å². The van der Waals surface area contributed by atoms with Crippen molar-refractivity contribution < 1.29 is 9.90 Å². The van der Waals surface area contributed by atoms with Crippen LogP contribution < -0.4 is 5.73 Å². The molecule has 4 bridgehead atoms. The Morgan fingerprint density at radius 1 is 1.19 bits per heavy atom. The lowest BCUT2D eigenvalue weighted by molar-refractivity contribution is -0.140. The summed E-state index contributed by atoms with van der Waals surface area (Å²) in [5.74, 6) is 1.83. The first-order valence-corrected chi connectivity index (χ1v) is 6.55. The lowest BCUT2D eigenvalue weighted by Crippen LogP contribution is -2.55. The van der Waals surface area contributed by atoms with Crippen LogP contribution in [0.1, 0.15) is 44.9 Å². The van der Waals surface area contributed by atoms with Crippen LogP contribution in [0.15, 0.2) is 0 Å². The number of rotatable bonds is 3. The number of hydrogen-bond acceptors (Lipinski definition) is 2. The van der Waals surface area contributed by atoms with Crippen molar-refractivity contribution in [1.29, 1.82) is 0 Å². The van der Waals surface area contributed by atoms with Gasteiger partial charge in [0.15, 0.2) is 0 Å². The Labute approximate surface area is 96.4 Å². The highest BCUT2D eigenvalue weighted by Gasteiger charge is 2.53. The minimum atomic E-state index is -0.733. The summed E-state index contributed by atoms with van der Waals surface area (Å²) in [6.07, 6.45) is 7.93. The van der Waals surface area contributed by atoms with Crippen LogP contribution in [0.5, 0.6) is 0 Å². The molecule has 90 valence electrons. The van der Waals surface area contributed by atoms with Crippen LogP contribution in [-0.4, -0.2) is 17.1 Å². The zero-order valence-electron chi connectivity index (χ0n) is 9.69. The molecule has 0 aromatic heterocycles. The number of carbonyl (C=O) groups is 1. The predicted octanol–water partition coefficient (Wildman–Crippen LogP) is 2.00. The lowest BCUT2D eigenvalue weighted by Gasteiger charge is -2.58. The van der Waals surface area contributed by atoms with Crippen LogP contribution in [0.25, 0.3) is 0 Å². The van der Waals surface area contributed by atoms with Gasteiger partial charge in [0.25, 0.3) is 0 Å². The SMILES string of the molecule is NC(CC(=O)O)C12CC3CC(CC(C3)C1)C2. The zero-order chi connectivity index (χ0) is 11.3. The van der Waals surface area contributed by atoms with Crippen LogP contribution in [-0.2, 0) is 4.79 Å². The molecule has 16 heavy (non-hydrogen) atoms. The summed E-state index contributed by atoms with van der Waals surface area (Å²) < 4.78 is 0. The highest BCUT2D eigenvalue weighted by atomic mass is 16.4. The van der Waals surface area contributed by atoms with Gasteiger partial charge < -0.3 is 10.8 Å². The van der Waals surface area contributed by atoms with Gasteiger partial charge in [-0.2, -0.15) is 0 Å². The van der Waals surface area contributed by atoms with E-state index in [2.05, 4.69) is 0 Å². The van der Waals surface area contributed by atoms with Crippen molar-refractivity contribution in [3.8, 4) is 0 Å². The molecule has 0 amide bonds. The molecule has 0 spiro atoms. The molecular formula is C13H21NO2. The summed E-state index contributed by atoms with van der Waals surface area (Å²) >= 11 is 0. The van der Waals surface area contributed by atoms with E-state index in [-0.39, 0.29) is 17.9 Å². The van der Waals surface area contributed by atoms with Crippen molar-refractivity contribution in [3.63, 3.8) is 0 Å². The fraction of sp³-hybridized carbons (Fsp3) is 0.923. The van der Waals surface area contributed by atoms with E-state index in [1.807, 2.05) is 0 Å². The smallest absolute Gasteiger partial charge is 0.304 e. The monoisotopic (exact) mass is 223 g/mol. The quantitative estimate of drug-likeness (QED) is 0.769. The van der Waals surface area contributed by atoms with Crippen molar-refractivity contribution in [2.24, 2.45) is 28.9 Å². The third kappa shape index (κ3) is 1.56. The zero-order valence-corrected chi connectivity index (χ0v) is 9.69. The van der Waals surface area contributed by atoms with E-state index in [0.29, 0.717) is 0 Å². The number of aliphatic carboxylic acids is 1. The summed E-state index contributed by atoms with van der Waals surface area (Å²) in [7, 11) is 0. The maximum absolute atomic E-state index is 10.8. The number of hydrogen-bond donors (Lipinski definition) is 2. The normalized spacial score (nSPS) is 46.9. The van der Waals surface area contributed by atoms with E-state index in [1.54, 1.807) is 0 Å². The molecule has 4 rings (SSSR count). The first kappa shape index (κ1) is 10.6. The molecule has 3 N–H and O–H groups in total. The number of carboxylic acid groups (broad SMARTS) is 1. The molecule has 4 aliphatic carbocycles. The van der Waals surface area contributed by atoms with Crippen molar-refractivity contribution >= 4 is 5.97 Å².